The largest absolute Gasteiger partial charge is 0.497 e. The predicted molar refractivity (Wildman–Crippen MR) is 72.2 cm³/mol. The molecule has 0 saturated carbocycles. The van der Waals surface area contributed by atoms with Gasteiger partial charge in [-0.05, 0) is 50.1 Å². The quantitative estimate of drug-likeness (QED) is 0.650. The summed E-state index contributed by atoms with van der Waals surface area (Å²) in [5.41, 5.74) is 5.41. The van der Waals surface area contributed by atoms with Crippen molar-refractivity contribution in [3.63, 3.8) is 0 Å². The van der Waals surface area contributed by atoms with Gasteiger partial charge >= 0.3 is 0 Å². The lowest BCUT2D eigenvalue weighted by Crippen LogP contribution is -2.08. The summed E-state index contributed by atoms with van der Waals surface area (Å²) in [7, 11) is 1.65. The summed E-state index contributed by atoms with van der Waals surface area (Å²) >= 11 is 0. The van der Waals surface area contributed by atoms with Gasteiger partial charge in [-0.25, -0.2) is 0 Å². The van der Waals surface area contributed by atoms with Crippen LogP contribution in [0.15, 0.2) is 24.3 Å². The monoisotopic (exact) mass is 253 g/mol. The number of methoxy groups -OCH3 is 1. The fraction of sp³-hybridized carbons (Fsp3) is 0.571. The van der Waals surface area contributed by atoms with Gasteiger partial charge in [0.25, 0.3) is 0 Å². The molecule has 0 aliphatic carbocycles. The van der Waals surface area contributed by atoms with Gasteiger partial charge in [-0.15, -0.1) is 0 Å². The molecule has 4 nitrogen and oxygen atoms in total. The summed E-state index contributed by atoms with van der Waals surface area (Å²) in [5.74, 6) is 1.67. The molecule has 2 N–H and O–H groups in total. The molecule has 1 rings (SSSR count). The fourth-order valence-corrected chi connectivity index (χ4v) is 1.52. The lowest BCUT2D eigenvalue weighted by molar-refractivity contribution is 0.0972. The van der Waals surface area contributed by atoms with Gasteiger partial charge in [0, 0.05) is 6.61 Å². The van der Waals surface area contributed by atoms with Gasteiger partial charge in [0.05, 0.1) is 13.7 Å². The molecule has 0 spiro atoms. The maximum absolute atomic E-state index is 5.53. The third kappa shape index (κ3) is 6.47. The number of ether oxygens (including phenoxy) is 3. The van der Waals surface area contributed by atoms with E-state index < -0.39 is 0 Å². The second kappa shape index (κ2) is 9.74. The van der Waals surface area contributed by atoms with Gasteiger partial charge in [-0.2, -0.15) is 0 Å². The highest BCUT2D eigenvalue weighted by Crippen LogP contribution is 2.16. The zero-order valence-corrected chi connectivity index (χ0v) is 11.1. The Morgan fingerprint density at radius 1 is 0.889 bits per heavy atom. The van der Waals surface area contributed by atoms with Crippen LogP contribution in [-0.4, -0.2) is 33.5 Å². The molecule has 1 aromatic carbocycles. The predicted octanol–water partition coefficient (Wildman–Crippen LogP) is 2.22. The first-order valence-electron chi connectivity index (χ1n) is 6.41. The van der Waals surface area contributed by atoms with Crippen molar-refractivity contribution >= 4 is 0 Å². The average molecular weight is 253 g/mol. The smallest absolute Gasteiger partial charge is 0.119 e. The Hall–Kier alpha value is -1.26. The molecule has 0 heterocycles. The SMILES string of the molecule is COc1ccc(OCCOCCCCCN)cc1. The van der Waals surface area contributed by atoms with Crippen LogP contribution in [0.25, 0.3) is 0 Å². The van der Waals surface area contributed by atoms with Crippen molar-refractivity contribution < 1.29 is 14.2 Å². The van der Waals surface area contributed by atoms with Crippen LogP contribution >= 0.6 is 0 Å². The van der Waals surface area contributed by atoms with Gasteiger partial charge in [-0.3, -0.25) is 0 Å². The van der Waals surface area contributed by atoms with E-state index in [1.807, 2.05) is 24.3 Å². The van der Waals surface area contributed by atoms with Crippen LogP contribution in [0.4, 0.5) is 0 Å². The van der Waals surface area contributed by atoms with Crippen LogP contribution in [-0.2, 0) is 4.74 Å². The molecule has 102 valence electrons. The molecule has 0 aliphatic heterocycles. The van der Waals surface area contributed by atoms with E-state index in [-0.39, 0.29) is 0 Å². The topological polar surface area (TPSA) is 53.7 Å². The van der Waals surface area contributed by atoms with Gasteiger partial charge in [-0.1, -0.05) is 0 Å². The summed E-state index contributed by atoms with van der Waals surface area (Å²) in [6, 6.07) is 7.53. The van der Waals surface area contributed by atoms with Crippen molar-refractivity contribution in [3.8, 4) is 11.5 Å². The molecule has 0 atom stereocenters. The molecule has 0 radical (unpaired) electrons. The number of rotatable bonds is 10. The van der Waals surface area contributed by atoms with E-state index in [2.05, 4.69) is 0 Å². The summed E-state index contributed by atoms with van der Waals surface area (Å²) in [6.07, 6.45) is 3.28. The van der Waals surface area contributed by atoms with E-state index in [1.165, 1.54) is 0 Å². The van der Waals surface area contributed by atoms with Crippen molar-refractivity contribution in [1.29, 1.82) is 0 Å². The highest BCUT2D eigenvalue weighted by atomic mass is 16.5. The van der Waals surface area contributed by atoms with Gasteiger partial charge in [0.1, 0.15) is 18.1 Å². The van der Waals surface area contributed by atoms with Crippen LogP contribution in [0, 0.1) is 0 Å². The van der Waals surface area contributed by atoms with Crippen molar-refractivity contribution in [2.75, 3.05) is 33.5 Å². The molecule has 0 unspecified atom stereocenters. The standard InChI is InChI=1S/C14H23NO3/c1-16-13-5-7-14(8-6-13)18-12-11-17-10-4-2-3-9-15/h5-8H,2-4,9-12,15H2,1H3. The Morgan fingerprint density at radius 3 is 2.28 bits per heavy atom. The zero-order chi connectivity index (χ0) is 13.1. The molecular weight excluding hydrogens is 230 g/mol. The molecule has 0 bridgehead atoms. The van der Waals surface area contributed by atoms with E-state index in [1.54, 1.807) is 7.11 Å². The number of hydrogen-bond acceptors (Lipinski definition) is 4. The molecule has 4 heteroatoms. The highest BCUT2D eigenvalue weighted by Gasteiger charge is 1.95. The zero-order valence-electron chi connectivity index (χ0n) is 11.1. The molecular formula is C14H23NO3. The molecule has 0 aromatic heterocycles. The average Bonchev–Trinajstić information content (AvgIpc) is 2.42. The highest BCUT2D eigenvalue weighted by molar-refractivity contribution is 5.31. The minimum absolute atomic E-state index is 0.573. The molecule has 0 fully saturated rings. The minimum Gasteiger partial charge on any atom is -0.497 e. The maximum Gasteiger partial charge on any atom is 0.119 e. The van der Waals surface area contributed by atoms with E-state index in [9.17, 15) is 0 Å². The lowest BCUT2D eigenvalue weighted by Gasteiger charge is -2.07. The van der Waals surface area contributed by atoms with Crippen molar-refractivity contribution in [3.05, 3.63) is 24.3 Å². The van der Waals surface area contributed by atoms with Crippen molar-refractivity contribution in [2.24, 2.45) is 5.73 Å². The van der Waals surface area contributed by atoms with E-state index >= 15 is 0 Å². The second-order valence-corrected chi connectivity index (χ2v) is 3.99. The molecule has 0 amide bonds. The Morgan fingerprint density at radius 2 is 1.61 bits per heavy atom. The van der Waals surface area contributed by atoms with Crippen LogP contribution in [0.3, 0.4) is 0 Å². The van der Waals surface area contributed by atoms with Gasteiger partial charge in [0.2, 0.25) is 0 Å². The molecule has 1 aromatic rings. The number of unbranched alkanes of at least 4 members (excludes halogenated alkanes) is 2. The molecule has 18 heavy (non-hydrogen) atoms. The molecule has 0 saturated heterocycles. The normalized spacial score (nSPS) is 10.3. The number of hydrogen-bond donors (Lipinski definition) is 1. The Labute approximate surface area is 109 Å². The lowest BCUT2D eigenvalue weighted by atomic mass is 10.2. The third-order valence-electron chi connectivity index (χ3n) is 2.55. The Kier molecular flexibility index (Phi) is 8.01. The third-order valence-corrected chi connectivity index (χ3v) is 2.55. The number of benzene rings is 1. The van der Waals surface area contributed by atoms with Crippen molar-refractivity contribution in [1.82, 2.24) is 0 Å². The van der Waals surface area contributed by atoms with Gasteiger partial charge in [0.15, 0.2) is 0 Å². The van der Waals surface area contributed by atoms with Gasteiger partial charge < -0.3 is 19.9 Å². The van der Waals surface area contributed by atoms with Crippen LogP contribution in [0.2, 0.25) is 0 Å². The minimum atomic E-state index is 0.573. The Bertz CT molecular complexity index is 300. The van der Waals surface area contributed by atoms with E-state index in [4.69, 9.17) is 19.9 Å². The Balaban J connectivity index is 2.00. The first kappa shape index (κ1) is 14.8. The fourth-order valence-electron chi connectivity index (χ4n) is 1.52. The first-order valence-corrected chi connectivity index (χ1v) is 6.41. The van der Waals surface area contributed by atoms with Crippen LogP contribution in [0.5, 0.6) is 11.5 Å². The second-order valence-electron chi connectivity index (χ2n) is 3.99. The van der Waals surface area contributed by atoms with E-state index in [0.29, 0.717) is 13.2 Å². The summed E-state index contributed by atoms with van der Waals surface area (Å²) in [6.45, 7) is 2.74. The summed E-state index contributed by atoms with van der Waals surface area (Å²) in [4.78, 5) is 0. The van der Waals surface area contributed by atoms with E-state index in [0.717, 1.165) is 43.9 Å². The first-order chi connectivity index (χ1) is 8.86. The van der Waals surface area contributed by atoms with Crippen molar-refractivity contribution in [2.45, 2.75) is 19.3 Å². The maximum atomic E-state index is 5.53. The molecule has 0 aliphatic rings. The van der Waals surface area contributed by atoms with Crippen LogP contribution in [0.1, 0.15) is 19.3 Å². The summed E-state index contributed by atoms with van der Waals surface area (Å²) in [5, 5.41) is 0. The van der Waals surface area contributed by atoms with Crippen LogP contribution < -0.4 is 15.2 Å². The number of nitrogens with two attached hydrogens (primary N) is 1. The summed E-state index contributed by atoms with van der Waals surface area (Å²) < 4.78 is 16.1.